The topological polar surface area (TPSA) is 72.9 Å². The fraction of sp³-hybridized carbons (Fsp3) is 0.421. The quantitative estimate of drug-likeness (QED) is 0.554. The Kier molecular flexibility index (Phi) is 5.18. The molecule has 0 unspecified atom stereocenters. The van der Waals surface area contributed by atoms with Gasteiger partial charge in [0.25, 0.3) is 0 Å². The van der Waals surface area contributed by atoms with Crippen LogP contribution in [0.15, 0.2) is 40.9 Å². The molecule has 1 aliphatic carbocycles. The van der Waals surface area contributed by atoms with E-state index in [1.807, 2.05) is 0 Å². The molecule has 0 radical (unpaired) electrons. The van der Waals surface area contributed by atoms with Gasteiger partial charge < -0.3 is 14.4 Å². The lowest BCUT2D eigenvalue weighted by Crippen LogP contribution is -2.60. The Labute approximate surface area is 160 Å². The normalized spacial score (nSPS) is 27.0. The first-order valence-corrected chi connectivity index (χ1v) is 9.24. The molecule has 1 aromatic carbocycles. The maximum Gasteiger partial charge on any atom is 0.338 e. The Morgan fingerprint density at radius 1 is 1.08 bits per heavy atom. The first kappa shape index (κ1) is 18.6. The van der Waals surface area contributed by atoms with Crippen LogP contribution in [0.2, 0.25) is 0 Å². The number of likely N-dealkylation sites (tertiary alicyclic amines) is 1. The van der Waals surface area contributed by atoms with E-state index in [9.17, 15) is 14.4 Å². The van der Waals surface area contributed by atoms with Crippen molar-refractivity contribution in [3.8, 4) is 0 Å². The molecule has 7 heteroatoms. The molecule has 0 aromatic heterocycles. The molecule has 6 nitrogen and oxygen atoms in total. The molecule has 26 heavy (non-hydrogen) atoms. The molecule has 2 aliphatic rings. The van der Waals surface area contributed by atoms with Crippen LogP contribution in [0.5, 0.6) is 0 Å². The summed E-state index contributed by atoms with van der Waals surface area (Å²) in [7, 11) is 0. The van der Waals surface area contributed by atoms with Crippen molar-refractivity contribution in [3.05, 3.63) is 46.5 Å². The fourth-order valence-corrected chi connectivity index (χ4v) is 4.10. The minimum atomic E-state index is -0.872. The summed E-state index contributed by atoms with van der Waals surface area (Å²) in [6.07, 6.45) is 3.47. The number of esters is 2. The van der Waals surface area contributed by atoms with Gasteiger partial charge in [0.15, 0.2) is 0 Å². The van der Waals surface area contributed by atoms with Gasteiger partial charge in [-0.3, -0.25) is 9.59 Å². The van der Waals surface area contributed by atoms with Crippen molar-refractivity contribution in [3.63, 3.8) is 0 Å². The van der Waals surface area contributed by atoms with Crippen LogP contribution in [0.3, 0.4) is 0 Å². The number of carbonyl (C=O) groups excluding carboxylic acids is 3. The zero-order valence-electron chi connectivity index (χ0n) is 14.6. The van der Waals surface area contributed by atoms with Gasteiger partial charge in [0.2, 0.25) is 5.91 Å². The van der Waals surface area contributed by atoms with E-state index in [0.717, 1.165) is 10.9 Å². The summed E-state index contributed by atoms with van der Waals surface area (Å²) < 4.78 is 12.0. The van der Waals surface area contributed by atoms with Crippen LogP contribution in [0.1, 0.15) is 37.0 Å². The largest absolute Gasteiger partial charge is 0.456 e. The predicted octanol–water partition coefficient (Wildman–Crippen LogP) is 2.86. The summed E-state index contributed by atoms with van der Waals surface area (Å²) in [4.78, 5) is 38.0. The van der Waals surface area contributed by atoms with Crippen molar-refractivity contribution < 1.29 is 23.9 Å². The van der Waals surface area contributed by atoms with Crippen LogP contribution < -0.4 is 0 Å². The molecule has 0 bridgehead atoms. The van der Waals surface area contributed by atoms with E-state index in [-0.39, 0.29) is 5.91 Å². The first-order valence-electron chi connectivity index (χ1n) is 8.45. The van der Waals surface area contributed by atoms with Gasteiger partial charge in [0, 0.05) is 24.9 Å². The summed E-state index contributed by atoms with van der Waals surface area (Å²) in [6.45, 7) is 3.35. The van der Waals surface area contributed by atoms with Crippen LogP contribution in [-0.4, -0.2) is 47.0 Å². The maximum absolute atomic E-state index is 12.6. The Hall–Kier alpha value is -2.15. The highest BCUT2D eigenvalue weighted by atomic mass is 79.9. The van der Waals surface area contributed by atoms with Gasteiger partial charge in [-0.2, -0.15) is 0 Å². The second-order valence-electron chi connectivity index (χ2n) is 6.51. The van der Waals surface area contributed by atoms with Gasteiger partial charge in [-0.1, -0.05) is 15.9 Å². The Morgan fingerprint density at radius 2 is 1.69 bits per heavy atom. The number of halogens is 1. The van der Waals surface area contributed by atoms with Crippen LogP contribution in [-0.2, 0) is 19.1 Å². The Morgan fingerprint density at radius 3 is 2.27 bits per heavy atom. The highest BCUT2D eigenvalue weighted by Crippen LogP contribution is 2.43. The molecular formula is C19H20BrNO5. The molecule has 3 rings (SSSR count). The van der Waals surface area contributed by atoms with Crippen LogP contribution in [0, 0.1) is 0 Å². The minimum absolute atomic E-state index is 0.131. The van der Waals surface area contributed by atoms with E-state index in [1.54, 1.807) is 41.3 Å². The fourth-order valence-electron chi connectivity index (χ4n) is 3.83. The molecule has 3 atom stereocenters. The van der Waals surface area contributed by atoms with E-state index in [4.69, 9.17) is 9.47 Å². The van der Waals surface area contributed by atoms with E-state index < -0.39 is 29.7 Å². The third-order valence-corrected chi connectivity index (χ3v) is 5.42. The molecule has 138 valence electrons. The standard InChI is InChI=1S/C19H20BrNO5/c1-12(22)21-11-3-10-19(21)16(25-13(2)23)8-9-17(19)26-18(24)14-4-6-15(20)7-5-14/h4-9,16-17H,3,10-11H2,1-2H3/t16-,17+,19+/m0/s1. The number of nitrogens with zero attached hydrogens (tertiary/aromatic N) is 1. The molecule has 1 saturated heterocycles. The van der Waals surface area contributed by atoms with Gasteiger partial charge in [0.05, 0.1) is 5.56 Å². The summed E-state index contributed by atoms with van der Waals surface area (Å²) in [5.41, 5.74) is -0.456. The van der Waals surface area contributed by atoms with Crippen molar-refractivity contribution in [2.45, 2.75) is 44.4 Å². The summed E-state index contributed by atoms with van der Waals surface area (Å²) in [5, 5.41) is 0. The summed E-state index contributed by atoms with van der Waals surface area (Å²) in [5.74, 6) is -1.05. The van der Waals surface area contributed by atoms with Crippen LogP contribution in [0.25, 0.3) is 0 Å². The molecule has 1 aliphatic heterocycles. The highest BCUT2D eigenvalue weighted by molar-refractivity contribution is 9.10. The monoisotopic (exact) mass is 421 g/mol. The maximum atomic E-state index is 12.6. The third-order valence-electron chi connectivity index (χ3n) is 4.89. The van der Waals surface area contributed by atoms with Crippen molar-refractivity contribution in [2.24, 2.45) is 0 Å². The number of carbonyl (C=O) groups is 3. The first-order chi connectivity index (χ1) is 12.3. The lowest BCUT2D eigenvalue weighted by atomic mass is 9.88. The van der Waals surface area contributed by atoms with Gasteiger partial charge in [-0.15, -0.1) is 0 Å². The second-order valence-corrected chi connectivity index (χ2v) is 7.43. The number of amides is 1. The number of hydrogen-bond donors (Lipinski definition) is 0. The molecular weight excluding hydrogens is 402 g/mol. The Bertz CT molecular complexity index is 760. The van der Waals surface area contributed by atoms with Crippen LogP contribution >= 0.6 is 15.9 Å². The molecule has 1 aromatic rings. The van der Waals surface area contributed by atoms with Gasteiger partial charge in [-0.05, 0) is 49.3 Å². The zero-order chi connectivity index (χ0) is 18.9. The number of benzene rings is 1. The summed E-state index contributed by atoms with van der Waals surface area (Å²) >= 11 is 3.33. The number of ether oxygens (including phenoxy) is 2. The smallest absolute Gasteiger partial charge is 0.338 e. The zero-order valence-corrected chi connectivity index (χ0v) is 16.2. The van der Waals surface area contributed by atoms with Crippen molar-refractivity contribution in [2.75, 3.05) is 6.54 Å². The average molecular weight is 422 g/mol. The van der Waals surface area contributed by atoms with Crippen molar-refractivity contribution >= 4 is 33.8 Å². The molecule has 0 saturated carbocycles. The van der Waals surface area contributed by atoms with E-state index in [2.05, 4.69) is 15.9 Å². The average Bonchev–Trinajstić information content (AvgIpc) is 3.15. The molecule has 1 spiro atoms. The number of rotatable bonds is 3. The van der Waals surface area contributed by atoms with E-state index >= 15 is 0 Å². The lowest BCUT2D eigenvalue weighted by molar-refractivity contribution is -0.158. The van der Waals surface area contributed by atoms with Crippen molar-refractivity contribution in [1.82, 2.24) is 4.90 Å². The molecule has 0 N–H and O–H groups in total. The Balaban J connectivity index is 1.88. The van der Waals surface area contributed by atoms with Gasteiger partial charge in [-0.25, -0.2) is 4.79 Å². The molecule has 1 fully saturated rings. The van der Waals surface area contributed by atoms with Crippen molar-refractivity contribution in [1.29, 1.82) is 0 Å². The summed E-state index contributed by atoms with van der Waals surface area (Å²) in [6, 6.07) is 6.85. The molecule has 1 amide bonds. The SMILES string of the molecule is CC(=O)O[C@H]1C=C[C@@H](OC(=O)c2ccc(Br)cc2)[C@@]12CCCN2C(C)=O. The third kappa shape index (κ3) is 3.28. The second kappa shape index (κ2) is 7.23. The van der Waals surface area contributed by atoms with E-state index in [0.29, 0.717) is 18.5 Å². The van der Waals surface area contributed by atoms with Gasteiger partial charge in [0.1, 0.15) is 17.7 Å². The van der Waals surface area contributed by atoms with Gasteiger partial charge >= 0.3 is 11.9 Å². The van der Waals surface area contributed by atoms with Crippen LogP contribution in [0.4, 0.5) is 0 Å². The molecule has 1 heterocycles. The van der Waals surface area contributed by atoms with E-state index in [1.165, 1.54) is 13.8 Å². The number of hydrogen-bond acceptors (Lipinski definition) is 5. The predicted molar refractivity (Wildman–Crippen MR) is 97.4 cm³/mol. The minimum Gasteiger partial charge on any atom is -0.456 e. The highest BCUT2D eigenvalue weighted by Gasteiger charge is 2.58. The lowest BCUT2D eigenvalue weighted by Gasteiger charge is -2.42.